The first-order valence-electron chi connectivity index (χ1n) is 5.75. The van der Waals surface area contributed by atoms with Gasteiger partial charge in [0.1, 0.15) is 0 Å². The van der Waals surface area contributed by atoms with Gasteiger partial charge in [-0.1, -0.05) is 31.9 Å². The number of carboxylic acid groups (broad SMARTS) is 1. The molecule has 1 aliphatic rings. The molecule has 1 N–H and O–H groups in total. The van der Waals surface area contributed by atoms with E-state index in [4.69, 9.17) is 9.52 Å². The Morgan fingerprint density at radius 3 is 2.42 bits per heavy atom. The topological polar surface area (TPSA) is 63.3 Å². The first-order chi connectivity index (χ1) is 9.04. The first-order valence-corrected chi connectivity index (χ1v) is 7.33. The lowest BCUT2D eigenvalue weighted by Gasteiger charge is -1.98. The average Bonchev–Trinajstić information content (AvgIpc) is 3.06. The third kappa shape index (κ3) is 2.60. The molecule has 3 rings (SSSR count). The molecule has 0 amide bonds. The molecular formula is C13H9Br2NO3. The van der Waals surface area contributed by atoms with Crippen LogP contribution >= 0.6 is 31.9 Å². The van der Waals surface area contributed by atoms with Gasteiger partial charge in [0.25, 0.3) is 0 Å². The lowest BCUT2D eigenvalue weighted by molar-refractivity contribution is 0.0661. The molecule has 1 saturated carbocycles. The maximum Gasteiger partial charge on any atom is 0.373 e. The fourth-order valence-corrected chi connectivity index (χ4v) is 3.21. The van der Waals surface area contributed by atoms with E-state index in [1.165, 1.54) is 0 Å². The van der Waals surface area contributed by atoms with Crippen LogP contribution in [-0.4, -0.2) is 16.1 Å². The van der Waals surface area contributed by atoms with Crippen LogP contribution in [0.25, 0.3) is 11.5 Å². The fourth-order valence-electron chi connectivity index (χ4n) is 1.92. The van der Waals surface area contributed by atoms with Gasteiger partial charge in [0.15, 0.2) is 0 Å². The molecule has 0 atom stereocenters. The first kappa shape index (κ1) is 12.9. The van der Waals surface area contributed by atoms with Gasteiger partial charge in [0.2, 0.25) is 11.7 Å². The monoisotopic (exact) mass is 385 g/mol. The summed E-state index contributed by atoms with van der Waals surface area (Å²) in [5, 5.41) is 9.16. The second-order valence-electron chi connectivity index (χ2n) is 4.47. The molecule has 0 bridgehead atoms. The summed E-state index contributed by atoms with van der Waals surface area (Å²) >= 11 is 6.78. The zero-order valence-corrected chi connectivity index (χ0v) is 12.9. The summed E-state index contributed by atoms with van der Waals surface area (Å²) in [6, 6.07) is 5.59. The van der Waals surface area contributed by atoms with Crippen molar-refractivity contribution in [1.29, 1.82) is 0 Å². The van der Waals surface area contributed by atoms with E-state index in [2.05, 4.69) is 36.8 Å². The van der Waals surface area contributed by atoms with Gasteiger partial charge in [-0.3, -0.25) is 0 Å². The number of hydrogen-bond donors (Lipinski definition) is 1. The Balaban J connectivity index is 2.09. The highest BCUT2D eigenvalue weighted by Crippen LogP contribution is 2.42. The smallest absolute Gasteiger partial charge is 0.373 e. The molecule has 4 nitrogen and oxygen atoms in total. The lowest BCUT2D eigenvalue weighted by atomic mass is 10.2. The van der Waals surface area contributed by atoms with Crippen LogP contribution < -0.4 is 0 Å². The van der Waals surface area contributed by atoms with E-state index in [1.807, 2.05) is 18.2 Å². The average molecular weight is 387 g/mol. The van der Waals surface area contributed by atoms with E-state index in [1.54, 1.807) is 0 Å². The summed E-state index contributed by atoms with van der Waals surface area (Å²) < 4.78 is 7.17. The highest BCUT2D eigenvalue weighted by atomic mass is 79.9. The van der Waals surface area contributed by atoms with Crippen LogP contribution in [0.1, 0.15) is 35.0 Å². The van der Waals surface area contributed by atoms with Gasteiger partial charge < -0.3 is 9.52 Å². The van der Waals surface area contributed by atoms with Crippen LogP contribution in [0.5, 0.6) is 0 Å². The minimum atomic E-state index is -1.06. The summed E-state index contributed by atoms with van der Waals surface area (Å²) in [6.07, 6.45) is 1.96. The SMILES string of the molecule is O=C(O)c1oc(-c2cc(Br)cc(Br)c2)nc1C1CC1. The molecule has 1 fully saturated rings. The van der Waals surface area contributed by atoms with Crippen molar-refractivity contribution in [2.45, 2.75) is 18.8 Å². The summed E-state index contributed by atoms with van der Waals surface area (Å²) in [7, 11) is 0. The Bertz CT molecular complexity index is 642. The van der Waals surface area contributed by atoms with Crippen molar-refractivity contribution in [3.63, 3.8) is 0 Å². The molecule has 1 heterocycles. The zero-order chi connectivity index (χ0) is 13.6. The Morgan fingerprint density at radius 2 is 1.89 bits per heavy atom. The second-order valence-corrected chi connectivity index (χ2v) is 6.30. The minimum Gasteiger partial charge on any atom is -0.475 e. The molecular weight excluding hydrogens is 378 g/mol. The summed E-state index contributed by atoms with van der Waals surface area (Å²) in [6.45, 7) is 0. The number of aromatic nitrogens is 1. The van der Waals surface area contributed by atoms with E-state index in [0.29, 0.717) is 11.6 Å². The Labute approximate surface area is 126 Å². The molecule has 0 saturated heterocycles. The molecule has 0 unspecified atom stereocenters. The third-order valence-electron chi connectivity index (χ3n) is 2.92. The number of halogens is 2. The Hall–Kier alpha value is -1.14. The number of rotatable bonds is 3. The number of aromatic carboxylic acids is 1. The van der Waals surface area contributed by atoms with Gasteiger partial charge in [-0.15, -0.1) is 0 Å². The van der Waals surface area contributed by atoms with Gasteiger partial charge >= 0.3 is 5.97 Å². The molecule has 19 heavy (non-hydrogen) atoms. The van der Waals surface area contributed by atoms with Crippen LogP contribution in [0.4, 0.5) is 0 Å². The number of carboxylic acids is 1. The predicted molar refractivity (Wildman–Crippen MR) is 76.3 cm³/mol. The number of hydrogen-bond acceptors (Lipinski definition) is 3. The van der Waals surface area contributed by atoms with Gasteiger partial charge in [-0.2, -0.15) is 0 Å². The van der Waals surface area contributed by atoms with E-state index < -0.39 is 5.97 Å². The van der Waals surface area contributed by atoms with E-state index in [0.717, 1.165) is 27.4 Å². The molecule has 6 heteroatoms. The Morgan fingerprint density at radius 1 is 1.26 bits per heavy atom. The number of benzene rings is 1. The van der Waals surface area contributed by atoms with Gasteiger partial charge in [0.05, 0.1) is 5.69 Å². The van der Waals surface area contributed by atoms with Crippen molar-refractivity contribution in [3.05, 3.63) is 38.6 Å². The maximum atomic E-state index is 11.2. The van der Waals surface area contributed by atoms with E-state index in [9.17, 15) is 4.79 Å². The van der Waals surface area contributed by atoms with E-state index >= 15 is 0 Å². The normalized spacial score (nSPS) is 14.6. The molecule has 2 aromatic rings. The van der Waals surface area contributed by atoms with E-state index in [-0.39, 0.29) is 11.7 Å². The summed E-state index contributed by atoms with van der Waals surface area (Å²) in [5.41, 5.74) is 1.31. The number of nitrogens with zero attached hydrogens (tertiary/aromatic N) is 1. The summed E-state index contributed by atoms with van der Waals surface area (Å²) in [5.74, 6) is -0.510. The van der Waals surface area contributed by atoms with Crippen LogP contribution in [-0.2, 0) is 0 Å². The molecule has 1 aromatic heterocycles. The van der Waals surface area contributed by atoms with Crippen molar-refractivity contribution in [2.75, 3.05) is 0 Å². The summed E-state index contributed by atoms with van der Waals surface area (Å²) in [4.78, 5) is 15.5. The molecule has 98 valence electrons. The maximum absolute atomic E-state index is 11.2. The minimum absolute atomic E-state index is 0.0337. The highest BCUT2D eigenvalue weighted by molar-refractivity contribution is 9.11. The molecule has 0 radical (unpaired) electrons. The van der Waals surface area contributed by atoms with Crippen LogP contribution in [0, 0.1) is 0 Å². The molecule has 0 spiro atoms. The second kappa shape index (κ2) is 4.76. The fraction of sp³-hybridized carbons (Fsp3) is 0.231. The third-order valence-corrected chi connectivity index (χ3v) is 3.84. The quantitative estimate of drug-likeness (QED) is 0.846. The molecule has 1 aromatic carbocycles. The van der Waals surface area contributed by atoms with Crippen molar-refractivity contribution < 1.29 is 14.3 Å². The largest absolute Gasteiger partial charge is 0.475 e. The van der Waals surface area contributed by atoms with Gasteiger partial charge in [-0.25, -0.2) is 9.78 Å². The molecule has 0 aliphatic heterocycles. The van der Waals surface area contributed by atoms with Gasteiger partial charge in [0, 0.05) is 20.4 Å². The Kier molecular flexibility index (Phi) is 3.22. The predicted octanol–water partition coefficient (Wildman–Crippen LogP) is 4.44. The van der Waals surface area contributed by atoms with Crippen molar-refractivity contribution in [3.8, 4) is 11.5 Å². The lowest BCUT2D eigenvalue weighted by Crippen LogP contribution is -1.98. The van der Waals surface area contributed by atoms with Crippen LogP contribution in [0.2, 0.25) is 0 Å². The van der Waals surface area contributed by atoms with Crippen LogP contribution in [0.3, 0.4) is 0 Å². The van der Waals surface area contributed by atoms with Crippen molar-refractivity contribution in [2.24, 2.45) is 0 Å². The van der Waals surface area contributed by atoms with Crippen molar-refractivity contribution >= 4 is 37.8 Å². The molecule has 1 aliphatic carbocycles. The standard InChI is InChI=1S/C13H9Br2NO3/c14-8-3-7(4-9(15)5-8)12-16-10(6-1-2-6)11(19-12)13(17)18/h3-6H,1-2H2,(H,17,18). The number of oxazole rings is 1. The van der Waals surface area contributed by atoms with Crippen molar-refractivity contribution in [1.82, 2.24) is 4.98 Å². The van der Waals surface area contributed by atoms with Gasteiger partial charge in [-0.05, 0) is 31.0 Å². The van der Waals surface area contributed by atoms with Crippen LogP contribution in [0.15, 0.2) is 31.6 Å². The number of carbonyl (C=O) groups is 1. The zero-order valence-electron chi connectivity index (χ0n) is 9.69. The highest BCUT2D eigenvalue weighted by Gasteiger charge is 2.33.